The zero-order chi connectivity index (χ0) is 13.1. The van der Waals surface area contributed by atoms with Crippen molar-refractivity contribution >= 4 is 0 Å². The minimum absolute atomic E-state index is 0.106. The topological polar surface area (TPSA) is 47.0 Å². The van der Waals surface area contributed by atoms with Crippen LogP contribution in [0.25, 0.3) is 11.3 Å². The predicted octanol–water partition coefficient (Wildman–Crippen LogP) is 2.32. The van der Waals surface area contributed by atoms with Crippen LogP contribution in [0.3, 0.4) is 0 Å². The Morgan fingerprint density at radius 3 is 2.78 bits per heavy atom. The van der Waals surface area contributed by atoms with E-state index in [1.54, 1.807) is 11.6 Å². The zero-order valence-corrected chi connectivity index (χ0v) is 11.0. The second kappa shape index (κ2) is 3.28. The fraction of sp³-hybridized carbons (Fsp3) is 0.357. The Bertz CT molecular complexity index is 692. The number of hydrogen-bond acceptors (Lipinski definition) is 2. The number of nitrogens with one attached hydrogen (secondary N) is 1. The zero-order valence-electron chi connectivity index (χ0n) is 11.0. The molecule has 1 aliphatic heterocycles. The van der Waals surface area contributed by atoms with Crippen molar-refractivity contribution in [2.75, 3.05) is 0 Å². The number of rotatable bonds is 0. The van der Waals surface area contributed by atoms with Crippen LogP contribution in [0.2, 0.25) is 0 Å². The summed E-state index contributed by atoms with van der Waals surface area (Å²) in [5, 5.41) is 0. The molecule has 0 fully saturated rings. The Morgan fingerprint density at radius 1 is 1.33 bits per heavy atom. The third-order valence-corrected chi connectivity index (χ3v) is 3.45. The number of aryl methyl sites for hydroxylation is 1. The summed E-state index contributed by atoms with van der Waals surface area (Å²) in [6.45, 7) is 5.98. The summed E-state index contributed by atoms with van der Waals surface area (Å²) in [7, 11) is 1.77. The van der Waals surface area contributed by atoms with Crippen molar-refractivity contribution < 1.29 is 4.74 Å². The van der Waals surface area contributed by atoms with E-state index in [0.717, 1.165) is 28.3 Å². The van der Waals surface area contributed by atoms with Gasteiger partial charge in [0, 0.05) is 12.6 Å². The maximum absolute atomic E-state index is 11.8. The highest BCUT2D eigenvalue weighted by molar-refractivity contribution is 5.73. The molecule has 0 amide bonds. The lowest BCUT2D eigenvalue weighted by Gasteiger charge is -2.33. The fourth-order valence-corrected chi connectivity index (χ4v) is 2.67. The van der Waals surface area contributed by atoms with Crippen molar-refractivity contribution in [2.45, 2.75) is 26.4 Å². The van der Waals surface area contributed by atoms with Crippen molar-refractivity contribution in [3.8, 4) is 17.0 Å². The van der Waals surface area contributed by atoms with Crippen molar-refractivity contribution in [3.63, 3.8) is 0 Å². The monoisotopic (exact) mass is 244 g/mol. The van der Waals surface area contributed by atoms with Crippen molar-refractivity contribution in [1.29, 1.82) is 0 Å². The van der Waals surface area contributed by atoms with Crippen LogP contribution in [0.15, 0.2) is 23.0 Å². The standard InChI is InChI=1S/C14H16N2O2/c1-8-5-6-10-9(7-8)11-12(14(2,3)18-10)16(4)13(17)15-11/h5-7H,1-4H3,(H,15,17). The predicted molar refractivity (Wildman–Crippen MR) is 69.9 cm³/mol. The first-order valence-electron chi connectivity index (χ1n) is 5.99. The number of aromatic amines is 1. The number of aromatic nitrogens is 2. The summed E-state index contributed by atoms with van der Waals surface area (Å²) in [6.07, 6.45) is 0. The van der Waals surface area contributed by atoms with E-state index in [9.17, 15) is 4.79 Å². The quantitative estimate of drug-likeness (QED) is 0.773. The molecule has 0 bridgehead atoms. The summed E-state index contributed by atoms with van der Waals surface area (Å²) in [5.74, 6) is 0.819. The van der Waals surface area contributed by atoms with Gasteiger partial charge >= 0.3 is 5.69 Å². The number of fused-ring (bicyclic) bond motifs is 3. The maximum Gasteiger partial charge on any atom is 0.326 e. The molecule has 0 unspecified atom stereocenters. The highest BCUT2D eigenvalue weighted by Crippen LogP contribution is 2.43. The fourth-order valence-electron chi connectivity index (χ4n) is 2.67. The molecule has 1 aromatic carbocycles. The molecule has 2 heterocycles. The van der Waals surface area contributed by atoms with Crippen LogP contribution in [-0.4, -0.2) is 9.55 Å². The summed E-state index contributed by atoms with van der Waals surface area (Å²) >= 11 is 0. The van der Waals surface area contributed by atoms with E-state index in [4.69, 9.17) is 4.74 Å². The number of H-pyrrole nitrogens is 1. The molecule has 0 saturated heterocycles. The molecule has 1 N–H and O–H groups in total. The first kappa shape index (κ1) is 11.1. The molecule has 2 aromatic rings. The lowest BCUT2D eigenvalue weighted by atomic mass is 9.94. The highest BCUT2D eigenvalue weighted by Gasteiger charge is 2.36. The van der Waals surface area contributed by atoms with Crippen molar-refractivity contribution in [1.82, 2.24) is 9.55 Å². The molecular weight excluding hydrogens is 228 g/mol. The van der Waals surface area contributed by atoms with Crippen molar-refractivity contribution in [2.24, 2.45) is 7.05 Å². The Labute approximate surface area is 105 Å². The minimum Gasteiger partial charge on any atom is -0.481 e. The number of imidazole rings is 1. The van der Waals surface area contributed by atoms with Crippen LogP contribution < -0.4 is 10.4 Å². The SMILES string of the molecule is Cc1ccc2c(c1)-c1[nH]c(=O)n(C)c1C(C)(C)O2. The third-order valence-electron chi connectivity index (χ3n) is 3.45. The van der Waals surface area contributed by atoms with Gasteiger partial charge in [0.2, 0.25) is 0 Å². The lowest BCUT2D eigenvalue weighted by molar-refractivity contribution is 0.0970. The second-order valence-corrected chi connectivity index (χ2v) is 5.32. The molecule has 1 aliphatic rings. The summed E-state index contributed by atoms with van der Waals surface area (Å²) in [5.41, 5.74) is 3.26. The molecule has 94 valence electrons. The van der Waals surface area contributed by atoms with Gasteiger partial charge in [-0.15, -0.1) is 0 Å². The van der Waals surface area contributed by atoms with E-state index in [0.29, 0.717) is 0 Å². The molecule has 4 heteroatoms. The Kier molecular flexibility index (Phi) is 2.03. The maximum atomic E-state index is 11.8. The van der Waals surface area contributed by atoms with Gasteiger partial charge in [-0.05, 0) is 32.9 Å². The number of benzene rings is 1. The van der Waals surface area contributed by atoms with Gasteiger partial charge in [-0.25, -0.2) is 4.79 Å². The molecule has 1 aromatic heterocycles. The summed E-state index contributed by atoms with van der Waals surface area (Å²) in [6, 6.07) is 6.01. The summed E-state index contributed by atoms with van der Waals surface area (Å²) in [4.78, 5) is 14.8. The van der Waals surface area contributed by atoms with E-state index in [2.05, 4.69) is 4.98 Å². The average molecular weight is 244 g/mol. The lowest BCUT2D eigenvalue weighted by Crippen LogP contribution is -2.32. The molecular formula is C14H16N2O2. The summed E-state index contributed by atoms with van der Waals surface area (Å²) < 4.78 is 7.64. The molecule has 3 rings (SSSR count). The molecule has 0 spiro atoms. The molecule has 0 atom stereocenters. The van der Waals surface area contributed by atoms with Gasteiger partial charge < -0.3 is 9.72 Å². The molecule has 0 radical (unpaired) electrons. The van der Waals surface area contributed by atoms with Crippen LogP contribution in [0, 0.1) is 6.92 Å². The largest absolute Gasteiger partial charge is 0.481 e. The van der Waals surface area contributed by atoms with Gasteiger partial charge in [0.05, 0.1) is 11.4 Å². The van der Waals surface area contributed by atoms with Gasteiger partial charge in [0.25, 0.3) is 0 Å². The first-order chi connectivity index (χ1) is 8.40. The minimum atomic E-state index is -0.508. The van der Waals surface area contributed by atoms with Crippen LogP contribution in [0.4, 0.5) is 0 Å². The van der Waals surface area contributed by atoms with E-state index in [1.165, 1.54) is 0 Å². The van der Waals surface area contributed by atoms with E-state index in [1.807, 2.05) is 39.0 Å². The van der Waals surface area contributed by atoms with Crippen LogP contribution >= 0.6 is 0 Å². The average Bonchev–Trinajstić information content (AvgIpc) is 2.58. The van der Waals surface area contributed by atoms with Gasteiger partial charge in [0.1, 0.15) is 11.4 Å². The first-order valence-corrected chi connectivity index (χ1v) is 5.99. The smallest absolute Gasteiger partial charge is 0.326 e. The van der Waals surface area contributed by atoms with Gasteiger partial charge in [-0.2, -0.15) is 0 Å². The third kappa shape index (κ3) is 1.35. The number of ether oxygens (including phenoxy) is 1. The van der Waals surface area contributed by atoms with Crippen LogP contribution in [0.1, 0.15) is 25.1 Å². The van der Waals surface area contributed by atoms with Crippen molar-refractivity contribution in [3.05, 3.63) is 39.9 Å². The number of hydrogen-bond donors (Lipinski definition) is 1. The van der Waals surface area contributed by atoms with E-state index >= 15 is 0 Å². The van der Waals surface area contributed by atoms with Gasteiger partial charge in [-0.1, -0.05) is 11.6 Å². The molecule has 18 heavy (non-hydrogen) atoms. The normalized spacial score (nSPS) is 15.8. The Hall–Kier alpha value is -1.97. The van der Waals surface area contributed by atoms with E-state index in [-0.39, 0.29) is 5.69 Å². The van der Waals surface area contributed by atoms with Gasteiger partial charge in [0.15, 0.2) is 0 Å². The van der Waals surface area contributed by atoms with Crippen LogP contribution in [-0.2, 0) is 12.6 Å². The Balaban J connectivity index is 2.40. The second-order valence-electron chi connectivity index (χ2n) is 5.32. The van der Waals surface area contributed by atoms with Gasteiger partial charge in [-0.3, -0.25) is 4.57 Å². The highest BCUT2D eigenvalue weighted by atomic mass is 16.5. The Morgan fingerprint density at radius 2 is 2.06 bits per heavy atom. The molecule has 0 saturated carbocycles. The van der Waals surface area contributed by atoms with E-state index < -0.39 is 5.60 Å². The molecule has 4 nitrogen and oxygen atoms in total. The number of nitrogens with zero attached hydrogens (tertiary/aromatic N) is 1. The molecule has 0 aliphatic carbocycles. The van der Waals surface area contributed by atoms with Crippen LogP contribution in [0.5, 0.6) is 5.75 Å².